The molecule has 0 aromatic heterocycles. The van der Waals surface area contributed by atoms with Gasteiger partial charge in [-0.05, 0) is 22.4 Å². The standard InChI is InChI=1S/C24H25NO3/c1-27-22-13-12-18-10-6-7-11-19(18)23(22)20-15-25(16-21(20)24(26)28-2)14-17-8-4-3-5-9-17/h3-13,20-21H,14-16H2,1-2H3/t20-,21-/m0/s1. The molecule has 144 valence electrons. The van der Waals surface area contributed by atoms with Crippen molar-refractivity contribution in [2.45, 2.75) is 12.5 Å². The van der Waals surface area contributed by atoms with E-state index in [0.29, 0.717) is 6.54 Å². The normalized spacial score (nSPS) is 19.6. The molecular weight excluding hydrogens is 350 g/mol. The number of ether oxygens (including phenoxy) is 2. The SMILES string of the molecule is COC(=O)[C@H]1CN(Cc2ccccc2)C[C@@H]1c1c(OC)ccc2ccccc12. The number of benzene rings is 3. The Morgan fingerprint density at radius 2 is 1.71 bits per heavy atom. The van der Waals surface area contributed by atoms with Crippen molar-refractivity contribution in [3.63, 3.8) is 0 Å². The molecule has 4 heteroatoms. The topological polar surface area (TPSA) is 38.8 Å². The van der Waals surface area contributed by atoms with Crippen molar-refractivity contribution >= 4 is 16.7 Å². The number of carbonyl (C=O) groups is 1. The van der Waals surface area contributed by atoms with Gasteiger partial charge in [-0.2, -0.15) is 0 Å². The molecule has 0 unspecified atom stereocenters. The minimum atomic E-state index is -0.214. The monoisotopic (exact) mass is 375 g/mol. The minimum Gasteiger partial charge on any atom is -0.496 e. The first-order chi connectivity index (χ1) is 13.7. The molecule has 1 aliphatic heterocycles. The molecule has 4 nitrogen and oxygen atoms in total. The van der Waals surface area contributed by atoms with E-state index < -0.39 is 0 Å². The summed E-state index contributed by atoms with van der Waals surface area (Å²) in [6, 6.07) is 22.7. The number of carbonyl (C=O) groups excluding carboxylic acids is 1. The molecule has 0 aliphatic carbocycles. The minimum absolute atomic E-state index is 0.0252. The van der Waals surface area contributed by atoms with Crippen molar-refractivity contribution in [1.29, 1.82) is 0 Å². The van der Waals surface area contributed by atoms with Gasteiger partial charge in [0.1, 0.15) is 5.75 Å². The number of likely N-dealkylation sites (tertiary alicyclic amines) is 1. The van der Waals surface area contributed by atoms with Crippen LogP contribution in [0.5, 0.6) is 5.75 Å². The van der Waals surface area contributed by atoms with Crippen LogP contribution >= 0.6 is 0 Å². The zero-order valence-electron chi connectivity index (χ0n) is 16.3. The van der Waals surface area contributed by atoms with Crippen molar-refractivity contribution in [2.24, 2.45) is 5.92 Å². The van der Waals surface area contributed by atoms with Crippen molar-refractivity contribution in [3.05, 3.63) is 77.9 Å². The summed E-state index contributed by atoms with van der Waals surface area (Å²) in [6.07, 6.45) is 0. The molecule has 0 amide bonds. The lowest BCUT2D eigenvalue weighted by atomic mass is 9.85. The van der Waals surface area contributed by atoms with Gasteiger partial charge in [0.15, 0.2) is 0 Å². The second kappa shape index (κ2) is 8.03. The fourth-order valence-electron chi connectivity index (χ4n) is 4.37. The highest BCUT2D eigenvalue weighted by Gasteiger charge is 2.41. The van der Waals surface area contributed by atoms with Gasteiger partial charge < -0.3 is 9.47 Å². The third kappa shape index (κ3) is 3.48. The third-order valence-electron chi connectivity index (χ3n) is 5.67. The van der Waals surface area contributed by atoms with Crippen LogP contribution in [-0.2, 0) is 16.1 Å². The van der Waals surface area contributed by atoms with Crippen LogP contribution in [0.3, 0.4) is 0 Å². The summed E-state index contributed by atoms with van der Waals surface area (Å²) in [4.78, 5) is 15.0. The van der Waals surface area contributed by atoms with Crippen molar-refractivity contribution in [1.82, 2.24) is 4.90 Å². The first-order valence-corrected chi connectivity index (χ1v) is 9.61. The summed E-state index contributed by atoms with van der Waals surface area (Å²) in [6.45, 7) is 2.29. The van der Waals surface area contributed by atoms with Gasteiger partial charge in [0, 0.05) is 31.1 Å². The molecule has 3 aromatic rings. The maximum absolute atomic E-state index is 12.6. The van der Waals surface area contributed by atoms with E-state index in [1.165, 1.54) is 12.7 Å². The Bertz CT molecular complexity index is 970. The Hall–Kier alpha value is -2.85. The Balaban J connectivity index is 1.74. The fourth-order valence-corrected chi connectivity index (χ4v) is 4.37. The second-order valence-corrected chi connectivity index (χ2v) is 7.32. The lowest BCUT2D eigenvalue weighted by Gasteiger charge is -2.21. The first kappa shape index (κ1) is 18.5. The van der Waals surface area contributed by atoms with Crippen molar-refractivity contribution in [3.8, 4) is 5.75 Å². The molecular formula is C24H25NO3. The largest absolute Gasteiger partial charge is 0.496 e. The van der Waals surface area contributed by atoms with E-state index >= 15 is 0 Å². The smallest absolute Gasteiger partial charge is 0.310 e. The molecule has 1 fully saturated rings. The maximum Gasteiger partial charge on any atom is 0.310 e. The molecule has 28 heavy (non-hydrogen) atoms. The van der Waals surface area contributed by atoms with Crippen LogP contribution in [0.25, 0.3) is 10.8 Å². The van der Waals surface area contributed by atoms with Crippen LogP contribution in [0, 0.1) is 5.92 Å². The van der Waals surface area contributed by atoms with Crippen LogP contribution in [-0.4, -0.2) is 38.2 Å². The van der Waals surface area contributed by atoms with Crippen LogP contribution in [0.15, 0.2) is 66.7 Å². The highest BCUT2D eigenvalue weighted by molar-refractivity contribution is 5.89. The highest BCUT2D eigenvalue weighted by atomic mass is 16.5. The van der Waals surface area contributed by atoms with Crippen molar-refractivity contribution < 1.29 is 14.3 Å². The van der Waals surface area contributed by atoms with E-state index in [9.17, 15) is 4.79 Å². The molecule has 1 heterocycles. The molecule has 0 saturated carbocycles. The van der Waals surface area contributed by atoms with Crippen LogP contribution in [0.4, 0.5) is 0 Å². The third-order valence-corrected chi connectivity index (χ3v) is 5.67. The number of nitrogens with zero attached hydrogens (tertiary/aromatic N) is 1. The Kier molecular flexibility index (Phi) is 5.31. The Morgan fingerprint density at radius 3 is 2.46 bits per heavy atom. The predicted molar refractivity (Wildman–Crippen MR) is 110 cm³/mol. The average molecular weight is 375 g/mol. The van der Waals surface area contributed by atoms with E-state index in [4.69, 9.17) is 9.47 Å². The number of esters is 1. The number of hydrogen-bond donors (Lipinski definition) is 0. The highest BCUT2D eigenvalue weighted by Crippen LogP contribution is 2.42. The predicted octanol–water partition coefficient (Wildman–Crippen LogP) is 4.24. The molecule has 0 radical (unpaired) electrons. The van der Waals surface area contributed by atoms with Gasteiger partial charge in [0.05, 0.1) is 20.1 Å². The van der Waals surface area contributed by atoms with E-state index in [1.54, 1.807) is 7.11 Å². The summed E-state index contributed by atoms with van der Waals surface area (Å²) in [5.41, 5.74) is 2.35. The van der Waals surface area contributed by atoms with Gasteiger partial charge in [-0.1, -0.05) is 60.7 Å². The Labute approximate surface area is 165 Å². The quantitative estimate of drug-likeness (QED) is 0.626. The lowest BCUT2D eigenvalue weighted by Crippen LogP contribution is -2.24. The molecule has 3 aromatic carbocycles. The van der Waals surface area contributed by atoms with Gasteiger partial charge in [0.2, 0.25) is 0 Å². The van der Waals surface area contributed by atoms with E-state index in [1.807, 2.05) is 24.3 Å². The summed E-state index contributed by atoms with van der Waals surface area (Å²) >= 11 is 0. The van der Waals surface area contributed by atoms with Gasteiger partial charge >= 0.3 is 5.97 Å². The molecule has 1 saturated heterocycles. The first-order valence-electron chi connectivity index (χ1n) is 9.61. The number of rotatable bonds is 5. The van der Waals surface area contributed by atoms with Crippen LogP contribution in [0.1, 0.15) is 17.0 Å². The average Bonchev–Trinajstić information content (AvgIpc) is 3.16. The van der Waals surface area contributed by atoms with E-state index in [-0.39, 0.29) is 17.8 Å². The number of hydrogen-bond acceptors (Lipinski definition) is 4. The Morgan fingerprint density at radius 1 is 0.964 bits per heavy atom. The summed E-state index contributed by atoms with van der Waals surface area (Å²) in [7, 11) is 3.16. The zero-order chi connectivity index (χ0) is 19.5. The van der Waals surface area contributed by atoms with Crippen LogP contribution < -0.4 is 4.74 Å². The van der Waals surface area contributed by atoms with Crippen molar-refractivity contribution in [2.75, 3.05) is 27.3 Å². The summed E-state index contributed by atoms with van der Waals surface area (Å²) < 4.78 is 10.9. The lowest BCUT2D eigenvalue weighted by molar-refractivity contribution is -0.145. The number of methoxy groups -OCH3 is 2. The summed E-state index contributed by atoms with van der Waals surface area (Å²) in [5, 5.41) is 2.30. The molecule has 0 N–H and O–H groups in total. The molecule has 1 aliphatic rings. The molecule has 0 spiro atoms. The second-order valence-electron chi connectivity index (χ2n) is 7.32. The molecule has 2 atom stereocenters. The van der Waals surface area contributed by atoms with Gasteiger partial charge in [-0.3, -0.25) is 9.69 Å². The number of fused-ring (bicyclic) bond motifs is 1. The molecule has 4 rings (SSSR count). The van der Waals surface area contributed by atoms with Gasteiger partial charge in [-0.15, -0.1) is 0 Å². The van der Waals surface area contributed by atoms with E-state index in [0.717, 1.165) is 35.2 Å². The molecule has 0 bridgehead atoms. The van der Waals surface area contributed by atoms with Gasteiger partial charge in [-0.25, -0.2) is 0 Å². The summed E-state index contributed by atoms with van der Waals surface area (Å²) in [5.74, 6) is 0.486. The zero-order valence-corrected chi connectivity index (χ0v) is 16.3. The van der Waals surface area contributed by atoms with E-state index in [2.05, 4.69) is 47.4 Å². The fraction of sp³-hybridized carbons (Fsp3) is 0.292. The van der Waals surface area contributed by atoms with Crippen LogP contribution in [0.2, 0.25) is 0 Å². The van der Waals surface area contributed by atoms with Gasteiger partial charge in [0.25, 0.3) is 0 Å². The maximum atomic E-state index is 12.6.